The van der Waals surface area contributed by atoms with Crippen molar-refractivity contribution < 1.29 is 4.79 Å². The Morgan fingerprint density at radius 1 is 1.39 bits per heavy atom. The lowest BCUT2D eigenvalue weighted by molar-refractivity contribution is 0.0964. The van der Waals surface area contributed by atoms with Crippen LogP contribution in [0.5, 0.6) is 0 Å². The van der Waals surface area contributed by atoms with E-state index in [-0.39, 0.29) is 11.7 Å². The number of thiophene rings is 1. The number of hydrogen-bond acceptors (Lipinski definition) is 5. The monoisotopic (exact) mass is 259 g/mol. The molecule has 1 aliphatic carbocycles. The zero-order valence-electron chi connectivity index (χ0n) is 10.0. The molecule has 0 saturated carbocycles. The third-order valence-corrected chi connectivity index (χ3v) is 4.25. The van der Waals surface area contributed by atoms with Crippen molar-refractivity contribution in [2.75, 3.05) is 5.73 Å². The highest BCUT2D eigenvalue weighted by molar-refractivity contribution is 7.10. The number of nitrogen functional groups attached to an aromatic ring is 1. The summed E-state index contributed by atoms with van der Waals surface area (Å²) in [6, 6.07) is 4.09. The largest absolute Gasteiger partial charge is 0.383 e. The summed E-state index contributed by atoms with van der Waals surface area (Å²) in [6.45, 7) is 1.80. The summed E-state index contributed by atoms with van der Waals surface area (Å²) < 4.78 is 0. The molecular formula is C13H13N3OS. The maximum absolute atomic E-state index is 12.2. The Kier molecular flexibility index (Phi) is 2.63. The van der Waals surface area contributed by atoms with Gasteiger partial charge in [0.1, 0.15) is 11.6 Å². The summed E-state index contributed by atoms with van der Waals surface area (Å²) in [6.07, 6.45) is 1.28. The van der Waals surface area contributed by atoms with Crippen LogP contribution in [0.4, 0.5) is 5.82 Å². The Bertz CT molecular complexity index is 607. The molecule has 2 aromatic rings. The van der Waals surface area contributed by atoms with Crippen LogP contribution in [-0.2, 0) is 6.42 Å². The van der Waals surface area contributed by atoms with Gasteiger partial charge in [-0.05, 0) is 24.8 Å². The maximum atomic E-state index is 12.2. The fraction of sp³-hybridized carbons (Fsp3) is 0.308. The van der Waals surface area contributed by atoms with Crippen LogP contribution in [0.15, 0.2) is 17.5 Å². The summed E-state index contributed by atoms with van der Waals surface area (Å²) in [4.78, 5) is 21.9. The number of carbonyl (C=O) groups is 1. The van der Waals surface area contributed by atoms with E-state index in [4.69, 9.17) is 5.73 Å². The van der Waals surface area contributed by atoms with Crippen molar-refractivity contribution in [1.82, 2.24) is 9.97 Å². The molecule has 0 bridgehead atoms. The minimum Gasteiger partial charge on any atom is -0.383 e. The van der Waals surface area contributed by atoms with E-state index in [2.05, 4.69) is 16.0 Å². The molecule has 2 aromatic heterocycles. The molecule has 2 N–H and O–H groups in total. The number of fused-ring (bicyclic) bond motifs is 1. The molecule has 4 nitrogen and oxygen atoms in total. The van der Waals surface area contributed by atoms with Gasteiger partial charge in [-0.15, -0.1) is 11.3 Å². The summed E-state index contributed by atoms with van der Waals surface area (Å²) >= 11 is 1.69. The first kappa shape index (κ1) is 11.3. The summed E-state index contributed by atoms with van der Waals surface area (Å²) in [7, 11) is 0. The molecule has 1 atom stereocenters. The molecule has 0 amide bonds. The second-order valence-corrected chi connectivity index (χ2v) is 5.50. The number of anilines is 1. The van der Waals surface area contributed by atoms with Crippen molar-refractivity contribution in [2.24, 2.45) is 0 Å². The Balaban J connectivity index is 2.04. The molecule has 3 rings (SSSR count). The molecule has 0 unspecified atom stereocenters. The maximum Gasteiger partial charge on any atom is 0.169 e. The second-order valence-electron chi connectivity index (χ2n) is 4.52. The van der Waals surface area contributed by atoms with Crippen LogP contribution in [0.3, 0.4) is 0 Å². The molecule has 0 saturated heterocycles. The van der Waals surface area contributed by atoms with Crippen LogP contribution in [0, 0.1) is 6.92 Å². The summed E-state index contributed by atoms with van der Waals surface area (Å²) in [5, 5.41) is 2.04. The van der Waals surface area contributed by atoms with Gasteiger partial charge in [-0.3, -0.25) is 4.79 Å². The average Bonchev–Trinajstić information content (AvgIpc) is 2.80. The Labute approximate surface area is 109 Å². The van der Waals surface area contributed by atoms with Gasteiger partial charge in [0, 0.05) is 17.2 Å². The van der Waals surface area contributed by atoms with E-state index in [1.807, 2.05) is 11.4 Å². The highest BCUT2D eigenvalue weighted by atomic mass is 32.1. The first-order valence-electron chi connectivity index (χ1n) is 5.84. The van der Waals surface area contributed by atoms with E-state index in [0.29, 0.717) is 23.6 Å². The van der Waals surface area contributed by atoms with Crippen LogP contribution >= 0.6 is 11.3 Å². The highest BCUT2D eigenvalue weighted by Gasteiger charge is 2.30. The number of ketones is 1. The van der Waals surface area contributed by atoms with Gasteiger partial charge < -0.3 is 5.73 Å². The van der Waals surface area contributed by atoms with E-state index in [0.717, 1.165) is 12.1 Å². The van der Waals surface area contributed by atoms with Crippen molar-refractivity contribution in [3.05, 3.63) is 39.5 Å². The van der Waals surface area contributed by atoms with Gasteiger partial charge in [-0.1, -0.05) is 6.07 Å². The predicted octanol–water partition coefficient (Wildman–Crippen LogP) is 2.34. The smallest absolute Gasteiger partial charge is 0.169 e. The van der Waals surface area contributed by atoms with Gasteiger partial charge in [0.15, 0.2) is 5.78 Å². The van der Waals surface area contributed by atoms with E-state index >= 15 is 0 Å². The average molecular weight is 259 g/mol. The Morgan fingerprint density at radius 3 is 2.94 bits per heavy atom. The molecule has 0 fully saturated rings. The van der Waals surface area contributed by atoms with Crippen LogP contribution in [-0.4, -0.2) is 15.8 Å². The van der Waals surface area contributed by atoms with Crippen molar-refractivity contribution in [2.45, 2.75) is 25.7 Å². The fourth-order valence-electron chi connectivity index (χ4n) is 2.46. The van der Waals surface area contributed by atoms with Crippen LogP contribution < -0.4 is 5.73 Å². The normalized spacial score (nSPS) is 18.7. The quantitative estimate of drug-likeness (QED) is 0.853. The number of nitrogens with zero attached hydrogens (tertiary/aromatic N) is 2. The van der Waals surface area contributed by atoms with Crippen molar-refractivity contribution in [3.8, 4) is 0 Å². The zero-order valence-corrected chi connectivity index (χ0v) is 10.8. The van der Waals surface area contributed by atoms with Gasteiger partial charge in [0.25, 0.3) is 0 Å². The number of carbonyl (C=O) groups excluding carboxylic acids is 1. The van der Waals surface area contributed by atoms with Gasteiger partial charge in [-0.2, -0.15) is 0 Å². The SMILES string of the molecule is Cc1nc(N)c2c(n1)C[C@H](c1cccs1)CC2=O. The number of rotatable bonds is 1. The summed E-state index contributed by atoms with van der Waals surface area (Å²) in [5.41, 5.74) is 7.16. The van der Waals surface area contributed by atoms with Gasteiger partial charge in [-0.25, -0.2) is 9.97 Å². The topological polar surface area (TPSA) is 68.9 Å². The molecular weight excluding hydrogens is 246 g/mol. The number of aromatic nitrogens is 2. The molecule has 18 heavy (non-hydrogen) atoms. The number of aryl methyl sites for hydroxylation is 1. The third kappa shape index (κ3) is 1.80. The van der Waals surface area contributed by atoms with Gasteiger partial charge in [0.2, 0.25) is 0 Å². The minimum atomic E-state index is 0.0622. The molecule has 1 aliphatic rings. The molecule has 5 heteroatoms. The molecule has 0 aliphatic heterocycles. The van der Waals surface area contributed by atoms with Crippen molar-refractivity contribution in [1.29, 1.82) is 0 Å². The van der Waals surface area contributed by atoms with Crippen molar-refractivity contribution in [3.63, 3.8) is 0 Å². The lowest BCUT2D eigenvalue weighted by Gasteiger charge is -2.22. The van der Waals surface area contributed by atoms with Gasteiger partial charge in [0.05, 0.1) is 11.3 Å². The van der Waals surface area contributed by atoms with E-state index in [9.17, 15) is 4.79 Å². The number of nitrogens with two attached hydrogens (primary N) is 1. The van der Waals surface area contributed by atoms with Crippen LogP contribution in [0.25, 0.3) is 0 Å². The number of hydrogen-bond donors (Lipinski definition) is 1. The molecule has 2 heterocycles. The van der Waals surface area contributed by atoms with Crippen LogP contribution in [0.2, 0.25) is 0 Å². The van der Waals surface area contributed by atoms with E-state index < -0.39 is 0 Å². The fourth-order valence-corrected chi connectivity index (χ4v) is 3.29. The molecule has 0 radical (unpaired) electrons. The lowest BCUT2D eigenvalue weighted by atomic mass is 9.85. The zero-order chi connectivity index (χ0) is 12.7. The minimum absolute atomic E-state index is 0.0622. The predicted molar refractivity (Wildman–Crippen MR) is 70.9 cm³/mol. The van der Waals surface area contributed by atoms with E-state index in [1.54, 1.807) is 18.3 Å². The lowest BCUT2D eigenvalue weighted by Crippen LogP contribution is -2.22. The summed E-state index contributed by atoms with van der Waals surface area (Å²) in [5.74, 6) is 1.25. The first-order valence-corrected chi connectivity index (χ1v) is 6.72. The van der Waals surface area contributed by atoms with E-state index in [1.165, 1.54) is 4.88 Å². The molecule has 92 valence electrons. The van der Waals surface area contributed by atoms with Gasteiger partial charge >= 0.3 is 0 Å². The molecule has 0 spiro atoms. The molecule has 0 aromatic carbocycles. The van der Waals surface area contributed by atoms with Crippen molar-refractivity contribution >= 4 is 22.9 Å². The third-order valence-electron chi connectivity index (χ3n) is 3.22. The standard InChI is InChI=1S/C13H13N3OS/c1-7-15-9-5-8(11-3-2-4-18-11)6-10(17)12(9)13(14)16-7/h2-4,8H,5-6H2,1H3,(H2,14,15,16)/t8-/m0/s1. The van der Waals surface area contributed by atoms with Crippen LogP contribution in [0.1, 0.15) is 39.1 Å². The Morgan fingerprint density at radius 2 is 2.22 bits per heavy atom. The first-order chi connectivity index (χ1) is 8.65. The highest BCUT2D eigenvalue weighted by Crippen LogP contribution is 2.35. The Hall–Kier alpha value is -1.75. The second kappa shape index (κ2) is 4.17. The number of Topliss-reactive ketones (excluding diaryl/α,β-unsaturated/α-hetero) is 1.